The summed E-state index contributed by atoms with van der Waals surface area (Å²) >= 11 is 0. The molecular formula is C22H31N3O2. The van der Waals surface area contributed by atoms with Gasteiger partial charge in [0.25, 0.3) is 0 Å². The van der Waals surface area contributed by atoms with E-state index < -0.39 is 0 Å². The highest BCUT2D eigenvalue weighted by molar-refractivity contribution is 5.89. The van der Waals surface area contributed by atoms with Crippen molar-refractivity contribution >= 4 is 11.8 Å². The first-order valence-corrected chi connectivity index (χ1v) is 10.4. The lowest BCUT2D eigenvalue weighted by Crippen LogP contribution is -2.60. The van der Waals surface area contributed by atoms with E-state index in [1.54, 1.807) is 0 Å². The van der Waals surface area contributed by atoms with Gasteiger partial charge < -0.3 is 10.6 Å². The molecular weight excluding hydrogens is 338 g/mol. The third-order valence-electron chi connectivity index (χ3n) is 6.31. The number of rotatable bonds is 6. The quantitative estimate of drug-likeness (QED) is 0.807. The van der Waals surface area contributed by atoms with Gasteiger partial charge in [-0.3, -0.25) is 14.5 Å². The molecule has 1 aromatic rings. The SMILES string of the molecule is CC(C)CC1(NC(=O)CC2C(=O)NCCN2C2Cc3ccccc3C2)CC1. The normalized spacial score (nSPS) is 24.6. The predicted molar refractivity (Wildman–Crippen MR) is 105 cm³/mol. The van der Waals surface area contributed by atoms with E-state index in [1.165, 1.54) is 11.1 Å². The van der Waals surface area contributed by atoms with Crippen molar-refractivity contribution in [2.24, 2.45) is 5.92 Å². The highest BCUT2D eigenvalue weighted by atomic mass is 16.2. The zero-order valence-electron chi connectivity index (χ0n) is 16.5. The van der Waals surface area contributed by atoms with Gasteiger partial charge in [-0.05, 0) is 49.1 Å². The summed E-state index contributed by atoms with van der Waals surface area (Å²) in [6.07, 6.45) is 5.36. The van der Waals surface area contributed by atoms with E-state index in [0.29, 0.717) is 18.5 Å². The van der Waals surface area contributed by atoms with Gasteiger partial charge in [-0.25, -0.2) is 0 Å². The van der Waals surface area contributed by atoms with E-state index in [9.17, 15) is 9.59 Å². The van der Waals surface area contributed by atoms with Gasteiger partial charge in [0.15, 0.2) is 0 Å². The first kappa shape index (κ1) is 18.5. The molecule has 0 aromatic heterocycles. The van der Waals surface area contributed by atoms with Crippen LogP contribution in [-0.4, -0.2) is 47.4 Å². The second kappa shape index (κ2) is 7.27. The number of carbonyl (C=O) groups excluding carboxylic acids is 2. The smallest absolute Gasteiger partial charge is 0.237 e. The van der Waals surface area contributed by atoms with E-state index in [0.717, 1.165) is 38.6 Å². The van der Waals surface area contributed by atoms with Crippen molar-refractivity contribution in [1.82, 2.24) is 15.5 Å². The zero-order chi connectivity index (χ0) is 19.0. The highest BCUT2D eigenvalue weighted by Gasteiger charge is 2.45. The highest BCUT2D eigenvalue weighted by Crippen LogP contribution is 2.41. The number of benzene rings is 1. The molecule has 1 aromatic carbocycles. The lowest BCUT2D eigenvalue weighted by molar-refractivity contribution is -0.135. The number of hydrogen-bond donors (Lipinski definition) is 2. The van der Waals surface area contributed by atoms with Gasteiger partial charge in [0.1, 0.15) is 0 Å². The van der Waals surface area contributed by atoms with Crippen LogP contribution >= 0.6 is 0 Å². The van der Waals surface area contributed by atoms with Crippen molar-refractivity contribution in [2.75, 3.05) is 13.1 Å². The molecule has 2 N–H and O–H groups in total. The summed E-state index contributed by atoms with van der Waals surface area (Å²) in [4.78, 5) is 27.6. The van der Waals surface area contributed by atoms with Crippen LogP contribution in [0.4, 0.5) is 0 Å². The Bertz CT molecular complexity index is 701. The average molecular weight is 370 g/mol. The molecule has 1 saturated carbocycles. The third-order valence-corrected chi connectivity index (χ3v) is 6.31. The summed E-state index contributed by atoms with van der Waals surface area (Å²) in [5, 5.41) is 6.21. The van der Waals surface area contributed by atoms with Crippen LogP contribution in [0.2, 0.25) is 0 Å². The Labute approximate surface area is 161 Å². The minimum absolute atomic E-state index is 0.000984. The van der Waals surface area contributed by atoms with Crippen LogP contribution in [0.3, 0.4) is 0 Å². The molecule has 3 aliphatic rings. The summed E-state index contributed by atoms with van der Waals surface area (Å²) in [5.74, 6) is 0.594. The van der Waals surface area contributed by atoms with Crippen LogP contribution in [0.15, 0.2) is 24.3 Å². The number of nitrogens with one attached hydrogen (secondary N) is 2. The van der Waals surface area contributed by atoms with Crippen molar-refractivity contribution in [2.45, 2.75) is 70.0 Å². The Balaban J connectivity index is 1.42. The Kier molecular flexibility index (Phi) is 4.97. The molecule has 0 bridgehead atoms. The molecule has 146 valence electrons. The topological polar surface area (TPSA) is 61.4 Å². The van der Waals surface area contributed by atoms with Gasteiger partial charge in [-0.15, -0.1) is 0 Å². The van der Waals surface area contributed by atoms with Gasteiger partial charge in [0, 0.05) is 24.7 Å². The Morgan fingerprint density at radius 3 is 2.52 bits per heavy atom. The molecule has 1 unspecified atom stereocenters. The Morgan fingerprint density at radius 2 is 1.93 bits per heavy atom. The van der Waals surface area contributed by atoms with Crippen molar-refractivity contribution in [1.29, 1.82) is 0 Å². The Hall–Kier alpha value is -1.88. The maximum Gasteiger partial charge on any atom is 0.237 e. The van der Waals surface area contributed by atoms with E-state index in [1.807, 2.05) is 0 Å². The molecule has 2 aliphatic carbocycles. The molecule has 1 atom stereocenters. The number of piperazine rings is 1. The zero-order valence-corrected chi connectivity index (χ0v) is 16.5. The van der Waals surface area contributed by atoms with Crippen LogP contribution < -0.4 is 10.6 Å². The van der Waals surface area contributed by atoms with Crippen molar-refractivity contribution in [3.63, 3.8) is 0 Å². The fourth-order valence-corrected chi connectivity index (χ4v) is 4.98. The average Bonchev–Trinajstić information content (AvgIpc) is 3.20. The molecule has 1 heterocycles. The van der Waals surface area contributed by atoms with Crippen molar-refractivity contribution in [3.05, 3.63) is 35.4 Å². The van der Waals surface area contributed by atoms with Gasteiger partial charge in [0.05, 0.1) is 12.5 Å². The van der Waals surface area contributed by atoms with Crippen LogP contribution in [0.1, 0.15) is 50.7 Å². The molecule has 5 heteroatoms. The lowest BCUT2D eigenvalue weighted by Gasteiger charge is -2.39. The summed E-state index contributed by atoms with van der Waals surface area (Å²) in [7, 11) is 0. The maximum absolute atomic E-state index is 12.8. The van der Waals surface area contributed by atoms with Gasteiger partial charge in [-0.2, -0.15) is 0 Å². The number of hydrogen-bond acceptors (Lipinski definition) is 3. The van der Waals surface area contributed by atoms with Crippen molar-refractivity contribution in [3.8, 4) is 0 Å². The summed E-state index contributed by atoms with van der Waals surface area (Å²) in [6, 6.07) is 8.50. The standard InChI is InChI=1S/C22H31N3O2/c1-15(2)14-22(7-8-22)24-20(26)13-19-21(27)23-9-10-25(19)18-11-16-5-3-4-6-17(16)12-18/h3-6,15,18-19H,7-14H2,1-2H3,(H,23,27)(H,24,26). The van der Waals surface area contributed by atoms with Crippen LogP contribution in [0, 0.1) is 5.92 Å². The Morgan fingerprint density at radius 1 is 1.26 bits per heavy atom. The molecule has 0 radical (unpaired) electrons. The monoisotopic (exact) mass is 369 g/mol. The van der Waals surface area contributed by atoms with Gasteiger partial charge in [-0.1, -0.05) is 38.1 Å². The molecule has 2 amide bonds. The number of carbonyl (C=O) groups is 2. The molecule has 27 heavy (non-hydrogen) atoms. The number of fused-ring (bicyclic) bond motifs is 1. The fourth-order valence-electron chi connectivity index (χ4n) is 4.98. The first-order valence-electron chi connectivity index (χ1n) is 10.4. The molecule has 1 aliphatic heterocycles. The lowest BCUT2D eigenvalue weighted by atomic mass is 10.00. The van der Waals surface area contributed by atoms with E-state index in [4.69, 9.17) is 0 Å². The van der Waals surface area contributed by atoms with E-state index in [2.05, 4.69) is 53.6 Å². The van der Waals surface area contributed by atoms with Gasteiger partial charge in [0.2, 0.25) is 11.8 Å². The molecule has 5 nitrogen and oxygen atoms in total. The summed E-state index contributed by atoms with van der Waals surface area (Å²) in [5.41, 5.74) is 2.75. The largest absolute Gasteiger partial charge is 0.353 e. The van der Waals surface area contributed by atoms with Crippen LogP contribution in [-0.2, 0) is 22.4 Å². The molecule has 4 rings (SSSR count). The second-order valence-electron chi connectivity index (χ2n) is 9.01. The molecule has 1 saturated heterocycles. The van der Waals surface area contributed by atoms with Gasteiger partial charge >= 0.3 is 0 Å². The van der Waals surface area contributed by atoms with Crippen molar-refractivity contribution < 1.29 is 9.59 Å². The van der Waals surface area contributed by atoms with Crippen LogP contribution in [0.5, 0.6) is 0 Å². The van der Waals surface area contributed by atoms with E-state index >= 15 is 0 Å². The molecule has 2 fully saturated rings. The predicted octanol–water partition coefficient (Wildman–Crippen LogP) is 2.04. The molecule has 0 spiro atoms. The minimum Gasteiger partial charge on any atom is -0.353 e. The number of nitrogens with zero attached hydrogens (tertiary/aromatic N) is 1. The fraction of sp³-hybridized carbons (Fsp3) is 0.636. The third kappa shape index (κ3) is 4.03. The summed E-state index contributed by atoms with van der Waals surface area (Å²) in [6.45, 7) is 5.88. The number of amides is 2. The van der Waals surface area contributed by atoms with Crippen LogP contribution in [0.25, 0.3) is 0 Å². The second-order valence-corrected chi connectivity index (χ2v) is 9.01. The summed E-state index contributed by atoms with van der Waals surface area (Å²) < 4.78 is 0. The minimum atomic E-state index is -0.354. The van der Waals surface area contributed by atoms with E-state index in [-0.39, 0.29) is 29.8 Å². The first-order chi connectivity index (χ1) is 13.0. The maximum atomic E-state index is 12.8.